The Balaban J connectivity index is -0.0000000722. The van der Waals surface area contributed by atoms with Crippen LogP contribution in [0.5, 0.6) is 0 Å². The number of hydrogen-bond donors (Lipinski definition) is 0. The van der Waals surface area contributed by atoms with Gasteiger partial charge in [0.1, 0.15) is 0 Å². The zero-order valence-electron chi connectivity index (χ0n) is 22.7. The molecule has 19 heteroatoms. The Bertz CT molecular complexity index is 664. The minimum atomic E-state index is -2.27. The summed E-state index contributed by atoms with van der Waals surface area (Å²) in [6.07, 6.45) is 13.1. The molecule has 237 valence electrons. The van der Waals surface area contributed by atoms with E-state index < -0.39 is 24.8 Å². The topological polar surface area (TPSA) is 218 Å². The second-order valence-corrected chi connectivity index (χ2v) is 9.25. The molecule has 3 atom stereocenters. The largest absolute Gasteiger partial charge is 0.0312 e. The SMILES string of the molecule is CO[PH](=O)OCCCC#N.CO[PH](=O)OCCCC#N.CO[PH](=O)OCCCC#N.[C-]#[O+].[C-]#[O+].[CH]1[CH][CH][CH][CH]1.[Co].[Rh]. The van der Waals surface area contributed by atoms with E-state index in [1.165, 1.54) is 21.3 Å². The van der Waals surface area contributed by atoms with Gasteiger partial charge in [0.15, 0.2) is 0 Å². The molecule has 7 radical (unpaired) electrons. The number of nitrogens with zero attached hydrogens (tertiary/aromatic N) is 3. The van der Waals surface area contributed by atoms with E-state index in [0.717, 1.165) is 0 Å². The van der Waals surface area contributed by atoms with E-state index in [4.69, 9.17) is 25.1 Å². The van der Waals surface area contributed by atoms with Crippen molar-refractivity contribution in [1.82, 2.24) is 0 Å². The van der Waals surface area contributed by atoms with Crippen LogP contribution >= 0.6 is 24.8 Å². The number of rotatable bonds is 15. The van der Waals surface area contributed by atoms with Crippen LogP contribution < -0.4 is 0 Å². The van der Waals surface area contributed by atoms with Gasteiger partial charge in [-0.2, -0.15) is 15.8 Å². The number of hydrogen-bond acceptors (Lipinski definition) is 12. The summed E-state index contributed by atoms with van der Waals surface area (Å²) in [6.45, 7) is 10.00. The molecule has 0 heterocycles. The fourth-order valence-electron chi connectivity index (χ4n) is 1.42. The van der Waals surface area contributed by atoms with Gasteiger partial charge in [0.2, 0.25) is 0 Å². The molecule has 0 aromatic rings. The van der Waals surface area contributed by atoms with E-state index in [1.807, 2.05) is 50.3 Å². The van der Waals surface area contributed by atoms with Crippen LogP contribution in [0.3, 0.4) is 0 Å². The minimum absolute atomic E-state index is 0. The van der Waals surface area contributed by atoms with Crippen molar-refractivity contribution in [2.75, 3.05) is 41.2 Å². The van der Waals surface area contributed by atoms with E-state index in [9.17, 15) is 13.7 Å². The van der Waals surface area contributed by atoms with Gasteiger partial charge in [-0.25, -0.2) is 0 Å². The molecule has 0 saturated heterocycles. The second kappa shape index (κ2) is 59.0. The van der Waals surface area contributed by atoms with Gasteiger partial charge in [0.05, 0.1) is 38.0 Å². The van der Waals surface area contributed by atoms with Gasteiger partial charge in [0.25, 0.3) is 0 Å². The van der Waals surface area contributed by atoms with Gasteiger partial charge in [0, 0.05) is 76.8 Å². The molecule has 1 fully saturated rings. The Morgan fingerprint density at radius 3 is 0.927 bits per heavy atom. The molecule has 0 amide bonds. The predicted molar refractivity (Wildman–Crippen MR) is 140 cm³/mol. The quantitative estimate of drug-likeness (QED) is 0.0709. The molecule has 0 bridgehead atoms. The van der Waals surface area contributed by atoms with Crippen molar-refractivity contribution < 1.29 is 86.4 Å². The van der Waals surface area contributed by atoms with E-state index in [2.05, 4.69) is 40.4 Å². The summed E-state index contributed by atoms with van der Waals surface area (Å²) in [5, 5.41) is 24.2. The third-order valence-electron chi connectivity index (χ3n) is 3.01. The van der Waals surface area contributed by atoms with Crippen LogP contribution in [0.15, 0.2) is 0 Å². The fourth-order valence-corrected chi connectivity index (χ4v) is 2.70. The van der Waals surface area contributed by atoms with Crippen LogP contribution in [0.2, 0.25) is 0 Å². The molecule has 3 unspecified atom stereocenters. The second-order valence-electron chi connectivity index (χ2n) is 5.66. The summed E-state index contributed by atoms with van der Waals surface area (Å²) in [5.41, 5.74) is 0. The van der Waals surface area contributed by atoms with Gasteiger partial charge in [-0.1, -0.05) is 0 Å². The standard InChI is InChI=1S/3C5H10NO3P.C5H5.2CO.Co.Rh/c3*1-8-10(7)9-5-3-2-4-6;1-2-4-5-3-1;2*1-2;;/h3*10H,2-3,5H2,1H3;1-5H;;;;. The van der Waals surface area contributed by atoms with Crippen LogP contribution in [0.25, 0.3) is 0 Å². The molecule has 0 aromatic carbocycles. The Morgan fingerprint density at radius 2 is 0.780 bits per heavy atom. The van der Waals surface area contributed by atoms with E-state index in [1.54, 1.807) is 0 Å². The van der Waals surface area contributed by atoms with Crippen LogP contribution in [0.1, 0.15) is 38.5 Å². The Kier molecular flexibility index (Phi) is 81.1. The van der Waals surface area contributed by atoms with Crippen LogP contribution in [-0.2, 0) is 86.4 Å². The van der Waals surface area contributed by atoms with E-state index >= 15 is 0 Å². The molecule has 0 spiro atoms. The monoisotopic (exact) mass is 772 g/mol. The number of unbranched alkanes of at least 4 members (excludes halogenated alkanes) is 3. The smallest absolute Gasteiger partial charge is 0 e. The summed E-state index contributed by atoms with van der Waals surface area (Å²) in [6, 6.07) is 5.84. The molecule has 41 heavy (non-hydrogen) atoms. The van der Waals surface area contributed by atoms with Gasteiger partial charge in [-0.3, -0.25) is 13.7 Å². The Morgan fingerprint density at radius 1 is 0.585 bits per heavy atom. The van der Waals surface area contributed by atoms with E-state index in [0.29, 0.717) is 58.3 Å². The molecule has 1 aliphatic rings. The average Bonchev–Trinajstić information content (AvgIpc) is 3.59. The summed E-state index contributed by atoms with van der Waals surface area (Å²) in [5.74, 6) is 0. The molecule has 1 rings (SSSR count). The summed E-state index contributed by atoms with van der Waals surface area (Å²) in [4.78, 5) is 0. The summed E-state index contributed by atoms with van der Waals surface area (Å²) < 4.78 is 73.4. The first-order valence-corrected chi connectivity index (χ1v) is 14.4. The molecule has 14 nitrogen and oxygen atoms in total. The average molecular weight is 772 g/mol. The minimum Gasteiger partial charge on any atom is -0.0312 e. The van der Waals surface area contributed by atoms with Gasteiger partial charge < -0.3 is 27.1 Å². The molecule has 1 aliphatic carbocycles. The molecule has 0 N–H and O–H groups in total. The van der Waals surface area contributed by atoms with Gasteiger partial charge in [-0.15, -0.1) is 0 Å². The summed E-state index contributed by atoms with van der Waals surface area (Å²) >= 11 is 0. The van der Waals surface area contributed by atoms with Crippen LogP contribution in [0.4, 0.5) is 0 Å². The molecule has 1 saturated carbocycles. The van der Waals surface area contributed by atoms with Crippen molar-refractivity contribution in [3.8, 4) is 18.2 Å². The fraction of sp³-hybridized carbons (Fsp3) is 0.545. The predicted octanol–water partition coefficient (Wildman–Crippen LogP) is 4.97. The maximum atomic E-state index is 10.4. The van der Waals surface area contributed by atoms with Gasteiger partial charge >= 0.3 is 47.4 Å². The van der Waals surface area contributed by atoms with Gasteiger partial charge in [-0.05, 0) is 51.4 Å². The maximum Gasteiger partial charge on any atom is 0 e. The normalized spacial score (nSPS) is 12.1. The maximum absolute atomic E-state index is 10.4. The third kappa shape index (κ3) is 68.4. The third-order valence-corrected chi connectivity index (χ3v) is 5.33. The molecular weight excluding hydrogens is 737 g/mol. The van der Waals surface area contributed by atoms with E-state index in [-0.39, 0.29) is 36.3 Å². The molecule has 0 aromatic heterocycles. The zero-order chi connectivity index (χ0) is 31.0. The first-order valence-electron chi connectivity index (χ1n) is 10.7. The van der Waals surface area contributed by atoms with Crippen molar-refractivity contribution in [2.45, 2.75) is 38.5 Å². The van der Waals surface area contributed by atoms with Crippen molar-refractivity contribution >= 4 is 24.8 Å². The molecule has 0 aliphatic heterocycles. The van der Waals surface area contributed by atoms with Crippen molar-refractivity contribution in [3.63, 3.8) is 0 Å². The first-order chi connectivity index (χ1) is 18.9. The van der Waals surface area contributed by atoms with Crippen molar-refractivity contribution in [1.29, 1.82) is 15.8 Å². The zero-order valence-corrected chi connectivity index (χ0v) is 28.4. The van der Waals surface area contributed by atoms with Crippen LogP contribution in [0, 0.1) is 79.4 Å². The summed E-state index contributed by atoms with van der Waals surface area (Å²) in [7, 11) is -2.83. The Hall–Kier alpha value is -0.470. The van der Waals surface area contributed by atoms with Crippen LogP contribution in [-0.4, -0.2) is 41.2 Å². The van der Waals surface area contributed by atoms with Crippen molar-refractivity contribution in [3.05, 3.63) is 45.4 Å². The van der Waals surface area contributed by atoms with Crippen molar-refractivity contribution in [2.24, 2.45) is 0 Å². The number of nitriles is 3. The Labute approximate surface area is 269 Å². The molecular formula is C22H35CoN3O11P3Rh. The first kappa shape index (κ1) is 56.3.